The molecule has 0 bridgehead atoms. The van der Waals surface area contributed by atoms with Gasteiger partial charge in [0.1, 0.15) is 11.6 Å². The maximum absolute atomic E-state index is 6.00. The summed E-state index contributed by atoms with van der Waals surface area (Å²) in [4.78, 5) is 5.64. The van der Waals surface area contributed by atoms with E-state index < -0.39 is 0 Å². The quantitative estimate of drug-likeness (QED) is 0.616. The van der Waals surface area contributed by atoms with Crippen molar-refractivity contribution >= 4 is 17.6 Å². The fraction of sp³-hybridized carbons (Fsp3) is 0.462. The number of nitrogens with two attached hydrogens (primary N) is 1. The summed E-state index contributed by atoms with van der Waals surface area (Å²) in [7, 11) is 0. The molecular weight excluding hydrogens is 232 g/mol. The molecule has 2 rings (SSSR count). The summed E-state index contributed by atoms with van der Waals surface area (Å²) < 4.78 is 5.86. The van der Waals surface area contributed by atoms with Gasteiger partial charge in [0.25, 0.3) is 0 Å². The molecule has 0 amide bonds. The number of rotatable bonds is 1. The zero-order valence-corrected chi connectivity index (χ0v) is 11.3. The van der Waals surface area contributed by atoms with Crippen LogP contribution in [0, 0.1) is 0 Å². The molecule has 0 radical (unpaired) electrons. The first kappa shape index (κ1) is 12.3. The van der Waals surface area contributed by atoms with Crippen molar-refractivity contribution in [1.82, 2.24) is 0 Å². The summed E-state index contributed by atoms with van der Waals surface area (Å²) in [5.74, 6) is 2.31. The minimum Gasteiger partial charge on any atom is -0.480 e. The number of para-hydroxylation sites is 1. The van der Waals surface area contributed by atoms with Crippen molar-refractivity contribution in [1.29, 1.82) is 0 Å². The third-order valence-corrected chi connectivity index (χ3v) is 3.42. The number of thioether (sulfide) groups is 1. The summed E-state index contributed by atoms with van der Waals surface area (Å²) in [6.07, 6.45) is -0.117. The number of hydrogen-bond acceptors (Lipinski definition) is 3. The fourth-order valence-corrected chi connectivity index (χ4v) is 2.63. The Morgan fingerprint density at radius 2 is 2.12 bits per heavy atom. The molecule has 3 nitrogen and oxygen atoms in total. The molecule has 92 valence electrons. The van der Waals surface area contributed by atoms with Crippen molar-refractivity contribution in [3.8, 4) is 5.75 Å². The van der Waals surface area contributed by atoms with Crippen LogP contribution >= 0.6 is 11.8 Å². The van der Waals surface area contributed by atoms with Crippen molar-refractivity contribution in [3.05, 3.63) is 24.3 Å². The minimum absolute atomic E-state index is 0.117. The number of nitrogens with zero attached hydrogens (tertiary/aromatic N) is 1. The highest BCUT2D eigenvalue weighted by Crippen LogP contribution is 2.35. The first-order valence-corrected chi connectivity index (χ1v) is 6.68. The van der Waals surface area contributed by atoms with Gasteiger partial charge in [0.05, 0.1) is 5.54 Å². The highest BCUT2D eigenvalue weighted by Gasteiger charge is 2.24. The lowest BCUT2D eigenvalue weighted by Gasteiger charge is -2.26. The number of aliphatic imine (C=N–C) groups is 1. The standard InChI is InChI=1S/C13H18N2OS/c1-13(2,3)15-12(14)10-8-17-11-7-5-4-6-9(11)16-10/h4-7,10H,8H2,1-3H3,(H2,14,15). The second kappa shape index (κ2) is 4.61. The van der Waals surface area contributed by atoms with Gasteiger partial charge >= 0.3 is 0 Å². The SMILES string of the molecule is CC(C)(C)N=C(N)C1CSc2ccccc2O1. The smallest absolute Gasteiger partial charge is 0.164 e. The Balaban J connectivity index is 2.15. The number of benzene rings is 1. The average Bonchev–Trinajstić information content (AvgIpc) is 2.26. The van der Waals surface area contributed by atoms with Crippen LogP contribution in [0.15, 0.2) is 34.2 Å². The van der Waals surface area contributed by atoms with Gasteiger partial charge in [-0.2, -0.15) is 0 Å². The summed E-state index contributed by atoms with van der Waals surface area (Å²) in [5, 5.41) is 0. The van der Waals surface area contributed by atoms with Gasteiger partial charge in [-0.25, -0.2) is 0 Å². The van der Waals surface area contributed by atoms with Crippen molar-refractivity contribution in [2.75, 3.05) is 5.75 Å². The van der Waals surface area contributed by atoms with Gasteiger partial charge in [-0.05, 0) is 32.9 Å². The zero-order valence-electron chi connectivity index (χ0n) is 10.4. The Morgan fingerprint density at radius 3 is 2.82 bits per heavy atom. The van der Waals surface area contributed by atoms with E-state index in [0.717, 1.165) is 11.5 Å². The van der Waals surface area contributed by atoms with E-state index in [2.05, 4.69) is 11.1 Å². The van der Waals surface area contributed by atoms with E-state index in [0.29, 0.717) is 5.84 Å². The molecule has 0 aromatic heterocycles. The normalized spacial score (nSPS) is 20.6. The van der Waals surface area contributed by atoms with E-state index >= 15 is 0 Å². The molecule has 1 unspecified atom stereocenters. The van der Waals surface area contributed by atoms with E-state index in [1.54, 1.807) is 11.8 Å². The molecule has 1 aliphatic rings. The van der Waals surface area contributed by atoms with Crippen LogP contribution < -0.4 is 10.5 Å². The first-order valence-electron chi connectivity index (χ1n) is 5.69. The van der Waals surface area contributed by atoms with Crippen molar-refractivity contribution in [2.24, 2.45) is 10.7 Å². The highest BCUT2D eigenvalue weighted by atomic mass is 32.2. The average molecular weight is 250 g/mol. The Kier molecular flexibility index (Phi) is 3.33. The van der Waals surface area contributed by atoms with E-state index in [1.807, 2.05) is 39.0 Å². The lowest BCUT2D eigenvalue weighted by atomic mass is 10.1. The predicted octanol–water partition coefficient (Wildman–Crippen LogP) is 2.70. The van der Waals surface area contributed by atoms with Crippen LogP contribution in [-0.2, 0) is 0 Å². The topological polar surface area (TPSA) is 47.6 Å². The van der Waals surface area contributed by atoms with Gasteiger partial charge in [0.2, 0.25) is 0 Å². The Morgan fingerprint density at radius 1 is 1.41 bits per heavy atom. The molecule has 4 heteroatoms. The molecular formula is C13H18N2OS. The fourth-order valence-electron chi connectivity index (χ4n) is 1.62. The lowest BCUT2D eigenvalue weighted by molar-refractivity contribution is 0.275. The summed E-state index contributed by atoms with van der Waals surface area (Å²) >= 11 is 1.77. The van der Waals surface area contributed by atoms with E-state index in [4.69, 9.17) is 10.5 Å². The van der Waals surface area contributed by atoms with Crippen LogP contribution in [0.3, 0.4) is 0 Å². The van der Waals surface area contributed by atoms with Crippen LogP contribution in [0.5, 0.6) is 5.75 Å². The molecule has 0 fully saturated rings. The molecule has 0 aliphatic carbocycles. The molecule has 1 aliphatic heterocycles. The van der Waals surface area contributed by atoms with Crippen molar-refractivity contribution in [2.45, 2.75) is 37.3 Å². The molecule has 0 saturated carbocycles. The third kappa shape index (κ3) is 3.16. The van der Waals surface area contributed by atoms with E-state index in [1.165, 1.54) is 4.90 Å². The second-order valence-electron chi connectivity index (χ2n) is 5.07. The molecule has 1 aromatic rings. The summed E-state index contributed by atoms with van der Waals surface area (Å²) in [6.45, 7) is 6.09. The van der Waals surface area contributed by atoms with Crippen molar-refractivity contribution in [3.63, 3.8) is 0 Å². The Hall–Kier alpha value is -1.16. The van der Waals surface area contributed by atoms with Crippen LogP contribution in [-0.4, -0.2) is 23.2 Å². The van der Waals surface area contributed by atoms with Crippen LogP contribution in [0.25, 0.3) is 0 Å². The molecule has 17 heavy (non-hydrogen) atoms. The summed E-state index contributed by atoms with van der Waals surface area (Å²) in [6, 6.07) is 8.02. The summed E-state index contributed by atoms with van der Waals surface area (Å²) in [5.41, 5.74) is 5.85. The van der Waals surface area contributed by atoms with Gasteiger partial charge < -0.3 is 10.5 Å². The van der Waals surface area contributed by atoms with Gasteiger partial charge in [0.15, 0.2) is 6.10 Å². The largest absolute Gasteiger partial charge is 0.480 e. The predicted molar refractivity (Wildman–Crippen MR) is 73.0 cm³/mol. The molecule has 1 aromatic carbocycles. The lowest BCUT2D eigenvalue weighted by Crippen LogP contribution is -2.39. The monoisotopic (exact) mass is 250 g/mol. The second-order valence-corrected chi connectivity index (χ2v) is 6.13. The maximum Gasteiger partial charge on any atom is 0.164 e. The number of fused-ring (bicyclic) bond motifs is 1. The number of amidine groups is 1. The Labute approximate surface area is 106 Å². The molecule has 2 N–H and O–H groups in total. The first-order chi connectivity index (χ1) is 7.96. The molecule has 1 heterocycles. The van der Waals surface area contributed by atoms with Gasteiger partial charge in [-0.3, -0.25) is 4.99 Å². The highest BCUT2D eigenvalue weighted by molar-refractivity contribution is 7.99. The van der Waals surface area contributed by atoms with Gasteiger partial charge in [-0.1, -0.05) is 12.1 Å². The van der Waals surface area contributed by atoms with Crippen LogP contribution in [0.4, 0.5) is 0 Å². The minimum atomic E-state index is -0.158. The van der Waals surface area contributed by atoms with Crippen molar-refractivity contribution < 1.29 is 4.74 Å². The Bertz CT molecular complexity index is 437. The molecule has 0 spiro atoms. The van der Waals surface area contributed by atoms with E-state index in [9.17, 15) is 0 Å². The van der Waals surface area contributed by atoms with Crippen LogP contribution in [0.1, 0.15) is 20.8 Å². The third-order valence-electron chi connectivity index (χ3n) is 2.30. The van der Waals surface area contributed by atoms with E-state index in [-0.39, 0.29) is 11.6 Å². The molecule has 1 atom stereocenters. The zero-order chi connectivity index (χ0) is 12.5. The molecule has 0 saturated heterocycles. The van der Waals surface area contributed by atoms with Gasteiger partial charge in [-0.15, -0.1) is 11.8 Å². The number of ether oxygens (including phenoxy) is 1. The van der Waals surface area contributed by atoms with Crippen LogP contribution in [0.2, 0.25) is 0 Å². The van der Waals surface area contributed by atoms with Gasteiger partial charge in [0, 0.05) is 10.6 Å². The number of hydrogen-bond donors (Lipinski definition) is 1. The maximum atomic E-state index is 6.00.